The predicted molar refractivity (Wildman–Crippen MR) is 58.8 cm³/mol. The SMILES string of the molecule is CC/C(=C/c1cccc(Cl)c1)CN. The van der Waals surface area contributed by atoms with Crippen LogP contribution in [0.4, 0.5) is 0 Å². The van der Waals surface area contributed by atoms with E-state index in [1.54, 1.807) is 0 Å². The molecular weight excluding hydrogens is 182 g/mol. The van der Waals surface area contributed by atoms with Crippen molar-refractivity contribution in [2.45, 2.75) is 13.3 Å². The second-order valence-corrected chi connectivity index (χ2v) is 3.35. The van der Waals surface area contributed by atoms with Gasteiger partial charge in [0.2, 0.25) is 0 Å². The molecule has 0 saturated carbocycles. The number of hydrogen-bond donors (Lipinski definition) is 1. The molecule has 0 heterocycles. The van der Waals surface area contributed by atoms with Gasteiger partial charge in [0.25, 0.3) is 0 Å². The summed E-state index contributed by atoms with van der Waals surface area (Å²) in [5.41, 5.74) is 7.93. The highest BCUT2D eigenvalue weighted by Gasteiger charge is 1.93. The lowest BCUT2D eigenvalue weighted by molar-refractivity contribution is 1.02. The number of benzene rings is 1. The molecule has 1 nitrogen and oxygen atoms in total. The topological polar surface area (TPSA) is 26.0 Å². The molecule has 2 heteroatoms. The van der Waals surface area contributed by atoms with Gasteiger partial charge in [-0.1, -0.05) is 42.3 Å². The van der Waals surface area contributed by atoms with Crippen LogP contribution in [-0.4, -0.2) is 6.54 Å². The van der Waals surface area contributed by atoms with Crippen molar-refractivity contribution in [1.29, 1.82) is 0 Å². The molecule has 2 N–H and O–H groups in total. The Bertz CT molecular complexity index is 299. The quantitative estimate of drug-likeness (QED) is 0.788. The zero-order valence-corrected chi connectivity index (χ0v) is 8.51. The van der Waals surface area contributed by atoms with Crippen LogP contribution in [0.2, 0.25) is 5.02 Å². The summed E-state index contributed by atoms with van der Waals surface area (Å²) in [7, 11) is 0. The molecule has 0 bridgehead atoms. The second kappa shape index (κ2) is 5.05. The van der Waals surface area contributed by atoms with Crippen LogP contribution in [0, 0.1) is 0 Å². The molecule has 0 aliphatic carbocycles. The average molecular weight is 196 g/mol. The molecule has 0 amide bonds. The van der Waals surface area contributed by atoms with Crippen LogP contribution < -0.4 is 5.73 Å². The Hall–Kier alpha value is -0.790. The van der Waals surface area contributed by atoms with Crippen molar-refractivity contribution >= 4 is 17.7 Å². The van der Waals surface area contributed by atoms with Gasteiger partial charge in [0, 0.05) is 11.6 Å². The van der Waals surface area contributed by atoms with Crippen molar-refractivity contribution in [1.82, 2.24) is 0 Å². The van der Waals surface area contributed by atoms with E-state index in [0.717, 1.165) is 17.0 Å². The van der Waals surface area contributed by atoms with Crippen molar-refractivity contribution in [2.24, 2.45) is 5.73 Å². The first-order chi connectivity index (χ1) is 6.26. The molecule has 13 heavy (non-hydrogen) atoms. The lowest BCUT2D eigenvalue weighted by Crippen LogP contribution is -2.01. The van der Waals surface area contributed by atoms with Gasteiger partial charge in [-0.25, -0.2) is 0 Å². The van der Waals surface area contributed by atoms with Gasteiger partial charge in [-0.05, 0) is 24.1 Å². The molecule has 0 aliphatic rings. The Balaban J connectivity index is 2.89. The fraction of sp³-hybridized carbons (Fsp3) is 0.273. The van der Waals surface area contributed by atoms with Crippen molar-refractivity contribution in [3.05, 3.63) is 40.4 Å². The zero-order valence-electron chi connectivity index (χ0n) is 7.76. The predicted octanol–water partition coefficient (Wildman–Crippen LogP) is 3.09. The summed E-state index contributed by atoms with van der Waals surface area (Å²) in [6.07, 6.45) is 3.08. The standard InChI is InChI=1S/C11H14ClN/c1-2-9(8-13)6-10-4-3-5-11(12)7-10/h3-7H,2,8,13H2,1H3/b9-6-. The molecular formula is C11H14ClN. The average Bonchev–Trinajstić information content (AvgIpc) is 2.14. The Morgan fingerprint density at radius 1 is 1.54 bits per heavy atom. The summed E-state index contributed by atoms with van der Waals surface area (Å²) >= 11 is 5.85. The van der Waals surface area contributed by atoms with Gasteiger partial charge >= 0.3 is 0 Å². The minimum Gasteiger partial charge on any atom is -0.327 e. The smallest absolute Gasteiger partial charge is 0.0411 e. The van der Waals surface area contributed by atoms with Crippen LogP contribution in [0.5, 0.6) is 0 Å². The number of hydrogen-bond acceptors (Lipinski definition) is 1. The first-order valence-corrected chi connectivity index (χ1v) is 4.79. The molecule has 0 unspecified atom stereocenters. The van der Waals surface area contributed by atoms with Gasteiger partial charge in [-0.15, -0.1) is 0 Å². The van der Waals surface area contributed by atoms with Crippen LogP contribution in [0.25, 0.3) is 6.08 Å². The minimum absolute atomic E-state index is 0.614. The van der Waals surface area contributed by atoms with E-state index in [9.17, 15) is 0 Å². The van der Waals surface area contributed by atoms with Crippen LogP contribution in [-0.2, 0) is 0 Å². The maximum Gasteiger partial charge on any atom is 0.0411 e. The Labute approximate surface area is 84.2 Å². The molecule has 0 spiro atoms. The highest BCUT2D eigenvalue weighted by atomic mass is 35.5. The summed E-state index contributed by atoms with van der Waals surface area (Å²) < 4.78 is 0. The summed E-state index contributed by atoms with van der Waals surface area (Å²) in [4.78, 5) is 0. The molecule has 0 radical (unpaired) electrons. The van der Waals surface area contributed by atoms with Gasteiger partial charge < -0.3 is 5.73 Å². The largest absolute Gasteiger partial charge is 0.327 e. The molecule has 1 rings (SSSR count). The molecule has 1 aromatic carbocycles. The molecule has 1 aromatic rings. The van der Waals surface area contributed by atoms with E-state index in [2.05, 4.69) is 13.0 Å². The lowest BCUT2D eigenvalue weighted by atomic mass is 10.1. The zero-order chi connectivity index (χ0) is 9.68. The van der Waals surface area contributed by atoms with E-state index in [-0.39, 0.29) is 0 Å². The molecule has 0 aliphatic heterocycles. The monoisotopic (exact) mass is 195 g/mol. The lowest BCUT2D eigenvalue weighted by Gasteiger charge is -2.00. The van der Waals surface area contributed by atoms with Crippen molar-refractivity contribution in [2.75, 3.05) is 6.54 Å². The van der Waals surface area contributed by atoms with Crippen LogP contribution in [0.15, 0.2) is 29.8 Å². The molecule has 70 valence electrons. The Kier molecular flexibility index (Phi) is 4.00. The fourth-order valence-electron chi connectivity index (χ4n) is 1.14. The van der Waals surface area contributed by atoms with E-state index in [1.807, 2.05) is 24.3 Å². The summed E-state index contributed by atoms with van der Waals surface area (Å²) in [6, 6.07) is 7.77. The molecule has 0 aromatic heterocycles. The molecule has 0 saturated heterocycles. The fourth-order valence-corrected chi connectivity index (χ4v) is 1.34. The van der Waals surface area contributed by atoms with E-state index < -0.39 is 0 Å². The molecule has 0 fully saturated rings. The van der Waals surface area contributed by atoms with Crippen molar-refractivity contribution < 1.29 is 0 Å². The molecule has 0 atom stereocenters. The van der Waals surface area contributed by atoms with E-state index in [1.165, 1.54) is 5.57 Å². The van der Waals surface area contributed by atoms with Crippen molar-refractivity contribution in [3.63, 3.8) is 0 Å². The highest BCUT2D eigenvalue weighted by molar-refractivity contribution is 6.30. The highest BCUT2D eigenvalue weighted by Crippen LogP contribution is 2.14. The normalized spacial score (nSPS) is 11.8. The third-order valence-corrected chi connectivity index (χ3v) is 2.17. The third kappa shape index (κ3) is 3.21. The van der Waals surface area contributed by atoms with Gasteiger partial charge in [0.05, 0.1) is 0 Å². The summed E-state index contributed by atoms with van der Waals surface area (Å²) in [5, 5.41) is 0.765. The van der Waals surface area contributed by atoms with Gasteiger partial charge in [0.1, 0.15) is 0 Å². The summed E-state index contributed by atoms with van der Waals surface area (Å²) in [6.45, 7) is 2.71. The third-order valence-electron chi connectivity index (χ3n) is 1.94. The summed E-state index contributed by atoms with van der Waals surface area (Å²) in [5.74, 6) is 0. The minimum atomic E-state index is 0.614. The van der Waals surface area contributed by atoms with Gasteiger partial charge in [0.15, 0.2) is 0 Å². The maximum absolute atomic E-state index is 5.85. The van der Waals surface area contributed by atoms with Crippen LogP contribution >= 0.6 is 11.6 Å². The Morgan fingerprint density at radius 2 is 2.31 bits per heavy atom. The van der Waals surface area contributed by atoms with Gasteiger partial charge in [-0.3, -0.25) is 0 Å². The van der Waals surface area contributed by atoms with E-state index in [4.69, 9.17) is 17.3 Å². The second-order valence-electron chi connectivity index (χ2n) is 2.92. The van der Waals surface area contributed by atoms with Crippen molar-refractivity contribution in [3.8, 4) is 0 Å². The van der Waals surface area contributed by atoms with E-state index in [0.29, 0.717) is 6.54 Å². The van der Waals surface area contributed by atoms with Gasteiger partial charge in [-0.2, -0.15) is 0 Å². The Morgan fingerprint density at radius 3 is 2.85 bits per heavy atom. The van der Waals surface area contributed by atoms with E-state index >= 15 is 0 Å². The maximum atomic E-state index is 5.85. The number of halogens is 1. The van der Waals surface area contributed by atoms with Crippen LogP contribution in [0.1, 0.15) is 18.9 Å². The van der Waals surface area contributed by atoms with Crippen LogP contribution in [0.3, 0.4) is 0 Å². The number of rotatable bonds is 3. The first kappa shape index (κ1) is 10.3. The first-order valence-electron chi connectivity index (χ1n) is 4.41. The number of nitrogens with two attached hydrogens (primary N) is 1.